The Hall–Kier alpha value is -2.86. The predicted octanol–water partition coefficient (Wildman–Crippen LogP) is 3.45. The molecule has 3 aromatic rings. The summed E-state index contributed by atoms with van der Waals surface area (Å²) in [6, 6.07) is 18.7. The summed E-state index contributed by atoms with van der Waals surface area (Å²) >= 11 is 0. The molecule has 1 fully saturated rings. The van der Waals surface area contributed by atoms with Gasteiger partial charge in [-0.2, -0.15) is 9.67 Å². The van der Waals surface area contributed by atoms with Crippen molar-refractivity contribution >= 4 is 5.69 Å². The molecule has 2 N–H and O–H groups in total. The maximum Gasteiger partial charge on any atom is 0.319 e. The van der Waals surface area contributed by atoms with E-state index >= 15 is 0 Å². The van der Waals surface area contributed by atoms with Crippen LogP contribution in [0.25, 0.3) is 5.69 Å². The van der Waals surface area contributed by atoms with Gasteiger partial charge in [-0.25, -0.2) is 0 Å². The molecule has 2 heterocycles. The number of aryl methyl sites for hydroxylation is 1. The molecule has 146 valence electrons. The quantitative estimate of drug-likeness (QED) is 0.667. The van der Waals surface area contributed by atoms with Gasteiger partial charge in [0, 0.05) is 12.2 Å². The normalized spacial score (nSPS) is 15.6. The summed E-state index contributed by atoms with van der Waals surface area (Å²) < 4.78 is 7.86. The van der Waals surface area contributed by atoms with E-state index in [1.807, 2.05) is 49.4 Å². The van der Waals surface area contributed by atoms with Crippen LogP contribution < -0.4 is 10.5 Å². The number of nitrogens with zero attached hydrogens (tertiary/aromatic N) is 4. The van der Waals surface area contributed by atoms with E-state index in [1.54, 1.807) is 4.68 Å². The number of hydrogen-bond donors (Lipinski definition) is 1. The zero-order chi connectivity index (χ0) is 19.3. The zero-order valence-corrected chi connectivity index (χ0v) is 16.3. The fraction of sp³-hybridized carbons (Fsp3) is 0.364. The minimum atomic E-state index is 0.540. The van der Waals surface area contributed by atoms with Crippen LogP contribution in [-0.2, 0) is 6.54 Å². The van der Waals surface area contributed by atoms with Gasteiger partial charge in [-0.15, -0.1) is 5.10 Å². The lowest BCUT2D eigenvalue weighted by molar-refractivity contribution is 0.131. The van der Waals surface area contributed by atoms with Gasteiger partial charge in [0.15, 0.2) is 5.82 Å². The Bertz CT molecular complexity index is 900. The molecule has 1 saturated heterocycles. The smallest absolute Gasteiger partial charge is 0.319 e. The second kappa shape index (κ2) is 8.44. The number of benzene rings is 2. The van der Waals surface area contributed by atoms with Gasteiger partial charge in [-0.3, -0.25) is 4.90 Å². The largest absolute Gasteiger partial charge is 0.463 e. The van der Waals surface area contributed by atoms with Crippen LogP contribution in [0.1, 0.15) is 24.2 Å². The molecule has 0 amide bonds. The summed E-state index contributed by atoms with van der Waals surface area (Å²) in [5.74, 6) is 1.26. The highest BCUT2D eigenvalue weighted by Crippen LogP contribution is 2.22. The summed E-state index contributed by atoms with van der Waals surface area (Å²) in [5.41, 5.74) is 8.97. The molecule has 0 spiro atoms. The fourth-order valence-corrected chi connectivity index (χ4v) is 3.68. The molecule has 4 rings (SSSR count). The van der Waals surface area contributed by atoms with E-state index in [4.69, 9.17) is 10.5 Å². The lowest BCUT2D eigenvalue weighted by Gasteiger charge is -2.31. The van der Waals surface area contributed by atoms with E-state index in [0.717, 1.165) is 49.7 Å². The topological polar surface area (TPSA) is 69.2 Å². The van der Waals surface area contributed by atoms with E-state index in [9.17, 15) is 0 Å². The van der Waals surface area contributed by atoms with Crippen molar-refractivity contribution in [2.45, 2.75) is 26.3 Å². The van der Waals surface area contributed by atoms with Gasteiger partial charge in [0.25, 0.3) is 0 Å². The molecule has 0 atom stereocenters. The Morgan fingerprint density at radius 1 is 1.07 bits per heavy atom. The van der Waals surface area contributed by atoms with E-state index in [0.29, 0.717) is 18.5 Å². The summed E-state index contributed by atoms with van der Waals surface area (Å²) in [6.07, 6.45) is 2.25. The molecular formula is C22H27N5O. The first kappa shape index (κ1) is 18.5. The van der Waals surface area contributed by atoms with Crippen molar-refractivity contribution in [1.82, 2.24) is 19.7 Å². The van der Waals surface area contributed by atoms with Crippen LogP contribution in [0.5, 0.6) is 6.01 Å². The van der Waals surface area contributed by atoms with Gasteiger partial charge >= 0.3 is 6.01 Å². The highest BCUT2D eigenvalue weighted by molar-refractivity contribution is 5.40. The average molecular weight is 377 g/mol. The van der Waals surface area contributed by atoms with Crippen LogP contribution in [0, 0.1) is 12.8 Å². The number of para-hydroxylation sites is 1. The second-order valence-electron chi connectivity index (χ2n) is 7.46. The van der Waals surface area contributed by atoms with Crippen LogP contribution in [0.4, 0.5) is 5.69 Å². The minimum Gasteiger partial charge on any atom is -0.463 e. The van der Waals surface area contributed by atoms with Crippen molar-refractivity contribution in [1.29, 1.82) is 0 Å². The number of rotatable bonds is 6. The number of aromatic nitrogens is 3. The number of likely N-dealkylation sites (tertiary alicyclic amines) is 1. The molecule has 0 unspecified atom stereocenters. The molecule has 6 nitrogen and oxygen atoms in total. The third-order valence-corrected chi connectivity index (χ3v) is 5.20. The van der Waals surface area contributed by atoms with Gasteiger partial charge in [0.1, 0.15) is 0 Å². The van der Waals surface area contributed by atoms with Gasteiger partial charge in [0.05, 0.1) is 12.3 Å². The maximum absolute atomic E-state index is 6.08. The van der Waals surface area contributed by atoms with Crippen molar-refractivity contribution in [3.05, 3.63) is 66.0 Å². The fourth-order valence-electron chi connectivity index (χ4n) is 3.68. The van der Waals surface area contributed by atoms with E-state index < -0.39 is 0 Å². The first-order valence-corrected chi connectivity index (χ1v) is 9.86. The first-order valence-electron chi connectivity index (χ1n) is 9.86. The number of ether oxygens (including phenoxy) is 1. The Morgan fingerprint density at radius 2 is 1.86 bits per heavy atom. The number of piperidine rings is 1. The molecule has 6 heteroatoms. The van der Waals surface area contributed by atoms with Crippen molar-refractivity contribution in [3.8, 4) is 11.7 Å². The van der Waals surface area contributed by atoms with Crippen molar-refractivity contribution in [3.63, 3.8) is 0 Å². The highest BCUT2D eigenvalue weighted by atomic mass is 16.5. The summed E-state index contributed by atoms with van der Waals surface area (Å²) in [4.78, 5) is 6.95. The van der Waals surface area contributed by atoms with Crippen LogP contribution in [0.3, 0.4) is 0 Å². The summed E-state index contributed by atoms with van der Waals surface area (Å²) in [6.45, 7) is 5.68. The molecule has 0 bridgehead atoms. The molecule has 1 aliphatic heterocycles. The highest BCUT2D eigenvalue weighted by Gasteiger charge is 2.21. The van der Waals surface area contributed by atoms with Crippen LogP contribution in [-0.4, -0.2) is 39.4 Å². The van der Waals surface area contributed by atoms with Crippen LogP contribution in [0.15, 0.2) is 54.6 Å². The number of nitrogen functional groups attached to an aromatic ring is 1. The van der Waals surface area contributed by atoms with E-state index in [-0.39, 0.29) is 0 Å². The molecule has 1 aliphatic rings. The van der Waals surface area contributed by atoms with Gasteiger partial charge in [-0.05, 0) is 68.6 Å². The molecule has 0 aliphatic carbocycles. The Labute approximate surface area is 165 Å². The van der Waals surface area contributed by atoms with Crippen molar-refractivity contribution < 1.29 is 4.74 Å². The van der Waals surface area contributed by atoms with Crippen molar-refractivity contribution in [2.75, 3.05) is 25.4 Å². The van der Waals surface area contributed by atoms with Gasteiger partial charge in [-0.1, -0.05) is 30.3 Å². The molecule has 0 saturated carbocycles. The van der Waals surface area contributed by atoms with E-state index in [2.05, 4.69) is 27.1 Å². The van der Waals surface area contributed by atoms with E-state index in [1.165, 1.54) is 5.56 Å². The lowest BCUT2D eigenvalue weighted by atomic mass is 9.97. The standard InChI is InChI=1S/C22H27N5O/c1-17-24-22(27(25-17)21-8-3-2-4-9-21)28-16-18-10-12-26(13-11-18)15-19-6-5-7-20(23)14-19/h2-9,14,18H,10-13,15-16,23H2,1H3. The Balaban J connectivity index is 1.30. The third-order valence-electron chi connectivity index (χ3n) is 5.20. The summed E-state index contributed by atoms with van der Waals surface area (Å²) in [7, 11) is 0. The average Bonchev–Trinajstić information content (AvgIpc) is 3.09. The SMILES string of the molecule is Cc1nc(OCC2CCN(Cc3cccc(N)c3)CC2)n(-c2ccccc2)n1. The summed E-state index contributed by atoms with van der Waals surface area (Å²) in [5, 5.41) is 4.47. The minimum absolute atomic E-state index is 0.540. The van der Waals surface area contributed by atoms with Gasteiger partial charge < -0.3 is 10.5 Å². The third kappa shape index (κ3) is 4.51. The number of hydrogen-bond acceptors (Lipinski definition) is 5. The number of anilines is 1. The molecule has 1 aromatic heterocycles. The zero-order valence-electron chi connectivity index (χ0n) is 16.3. The van der Waals surface area contributed by atoms with Gasteiger partial charge in [0.2, 0.25) is 0 Å². The van der Waals surface area contributed by atoms with Crippen LogP contribution in [0.2, 0.25) is 0 Å². The maximum atomic E-state index is 6.08. The second-order valence-corrected chi connectivity index (χ2v) is 7.46. The molecular weight excluding hydrogens is 350 g/mol. The van der Waals surface area contributed by atoms with Crippen molar-refractivity contribution in [2.24, 2.45) is 5.92 Å². The Kier molecular flexibility index (Phi) is 5.58. The predicted molar refractivity (Wildman–Crippen MR) is 110 cm³/mol. The van der Waals surface area contributed by atoms with Crippen LogP contribution >= 0.6 is 0 Å². The molecule has 0 radical (unpaired) electrons. The lowest BCUT2D eigenvalue weighted by Crippen LogP contribution is -2.35. The molecule has 2 aromatic carbocycles. The molecule has 28 heavy (non-hydrogen) atoms. The number of nitrogens with two attached hydrogens (primary N) is 1. The first-order chi connectivity index (χ1) is 13.7. The monoisotopic (exact) mass is 377 g/mol. The Morgan fingerprint density at radius 3 is 2.61 bits per heavy atom.